The van der Waals surface area contributed by atoms with E-state index in [0.29, 0.717) is 11.1 Å². The Morgan fingerprint density at radius 2 is 1.50 bits per heavy atom. The maximum Gasteiger partial charge on any atom is 0.276 e. The maximum atomic E-state index is 11.3. The van der Waals surface area contributed by atoms with E-state index in [9.17, 15) is 20.2 Å². The van der Waals surface area contributed by atoms with Gasteiger partial charge in [0.1, 0.15) is 0 Å². The normalized spacial score (nSPS) is 17.1. The van der Waals surface area contributed by atoms with Crippen LogP contribution in [-0.4, -0.2) is 20.9 Å². The Bertz CT molecular complexity index is 1090. The Morgan fingerprint density at radius 1 is 0.861 bits per heavy atom. The highest BCUT2D eigenvalue weighted by Crippen LogP contribution is 2.33. The lowest BCUT2D eigenvalue weighted by Crippen LogP contribution is -2.36. The van der Waals surface area contributed by atoms with Crippen molar-refractivity contribution in [2.45, 2.75) is 53.6 Å². The smallest absolute Gasteiger partial charge is 0.276 e. The fourth-order valence-electron chi connectivity index (χ4n) is 3.35. The number of hydrogen-bond donors (Lipinski definition) is 2. The van der Waals surface area contributed by atoms with Crippen molar-refractivity contribution in [3.8, 4) is 0 Å². The Morgan fingerprint density at radius 3 is 2.00 bits per heavy atom. The van der Waals surface area contributed by atoms with Crippen molar-refractivity contribution >= 4 is 16.9 Å². The molecule has 4 rings (SSSR count). The van der Waals surface area contributed by atoms with E-state index >= 15 is 0 Å². The first-order valence-electron chi connectivity index (χ1n) is 12.2. The van der Waals surface area contributed by atoms with Crippen LogP contribution in [0, 0.1) is 20.2 Å². The first-order chi connectivity index (χ1) is 17.5. The number of nitrogens with one attached hydrogen (secondary N) is 2. The molecule has 9 heteroatoms. The van der Waals surface area contributed by atoms with Crippen LogP contribution in [0.1, 0.15) is 58.8 Å². The lowest BCUT2D eigenvalue weighted by molar-refractivity contribution is -0.394. The average molecular weight is 494 g/mol. The van der Waals surface area contributed by atoms with Crippen LogP contribution in [0.2, 0.25) is 0 Å². The topological polar surface area (TPSA) is 123 Å². The third-order valence-electron chi connectivity index (χ3n) is 4.77. The highest BCUT2D eigenvalue weighted by Gasteiger charge is 2.24. The molecule has 2 aliphatic rings. The number of aromatic nitrogens is 1. The number of pyridine rings is 1. The minimum absolute atomic E-state index is 0.140. The molecule has 0 fully saturated rings. The molecule has 0 saturated heterocycles. The van der Waals surface area contributed by atoms with Crippen LogP contribution < -0.4 is 10.6 Å². The van der Waals surface area contributed by atoms with Gasteiger partial charge in [-0.25, -0.2) is 0 Å². The number of nitro groups is 2. The summed E-state index contributed by atoms with van der Waals surface area (Å²) in [4.78, 5) is 25.8. The van der Waals surface area contributed by atoms with Gasteiger partial charge in [-0.1, -0.05) is 59.8 Å². The number of non-ortho nitro benzene ring substituents is 2. The van der Waals surface area contributed by atoms with E-state index in [1.807, 2.05) is 96.3 Å². The van der Waals surface area contributed by atoms with Gasteiger partial charge >= 0.3 is 0 Å². The Kier molecular flexibility index (Phi) is 12.9. The summed E-state index contributed by atoms with van der Waals surface area (Å²) in [7, 11) is 0. The van der Waals surface area contributed by atoms with Crippen molar-refractivity contribution in [1.82, 2.24) is 15.6 Å². The molecule has 2 atom stereocenters. The van der Waals surface area contributed by atoms with Crippen LogP contribution in [0.25, 0.3) is 5.57 Å². The average Bonchev–Trinajstić information content (AvgIpc) is 2.96. The highest BCUT2D eigenvalue weighted by molar-refractivity contribution is 5.79. The summed E-state index contributed by atoms with van der Waals surface area (Å²) in [5.41, 5.74) is 1.94. The quantitative estimate of drug-likeness (QED) is 0.354. The molecule has 0 amide bonds. The van der Waals surface area contributed by atoms with Gasteiger partial charge in [-0.3, -0.25) is 25.2 Å². The van der Waals surface area contributed by atoms with Crippen LogP contribution in [0.3, 0.4) is 0 Å². The van der Waals surface area contributed by atoms with E-state index in [2.05, 4.69) is 15.6 Å². The molecular formula is C27H35N5O4. The van der Waals surface area contributed by atoms with E-state index in [1.165, 1.54) is 12.1 Å². The lowest BCUT2D eigenvalue weighted by atomic mass is 9.94. The monoisotopic (exact) mass is 493 g/mol. The molecule has 1 aromatic carbocycles. The second-order valence-electron chi connectivity index (χ2n) is 6.74. The number of nitrogens with zero attached hydrogens (tertiary/aromatic N) is 3. The summed E-state index contributed by atoms with van der Waals surface area (Å²) in [6, 6.07) is 8.76. The third-order valence-corrected chi connectivity index (χ3v) is 4.77. The summed E-state index contributed by atoms with van der Waals surface area (Å²) < 4.78 is 0. The molecule has 0 bridgehead atoms. The molecule has 3 heterocycles. The zero-order valence-electron chi connectivity index (χ0n) is 21.6. The molecule has 2 N–H and O–H groups in total. The van der Waals surface area contributed by atoms with Crippen molar-refractivity contribution in [3.05, 3.63) is 116 Å². The lowest BCUT2D eigenvalue weighted by Gasteiger charge is -2.29. The SMILES string of the molecule is CC.CC.CC.O=[N+]([O-])c1cc(C2=CC(c3ccccn3)NC(C3C=CC=CN3)=C2)cc([N+](=O)[O-])c1. The van der Waals surface area contributed by atoms with Crippen LogP contribution in [0.4, 0.5) is 11.4 Å². The molecule has 2 aliphatic heterocycles. The summed E-state index contributed by atoms with van der Waals surface area (Å²) >= 11 is 0. The predicted octanol–water partition coefficient (Wildman–Crippen LogP) is 6.63. The van der Waals surface area contributed by atoms with Crippen molar-refractivity contribution in [3.63, 3.8) is 0 Å². The molecule has 1 aromatic heterocycles. The minimum Gasteiger partial charge on any atom is -0.379 e. The van der Waals surface area contributed by atoms with Crippen molar-refractivity contribution in [1.29, 1.82) is 0 Å². The van der Waals surface area contributed by atoms with Crippen molar-refractivity contribution < 1.29 is 9.85 Å². The molecule has 0 radical (unpaired) electrons. The van der Waals surface area contributed by atoms with Gasteiger partial charge in [0.05, 0.1) is 33.7 Å². The van der Waals surface area contributed by atoms with Gasteiger partial charge in [0.2, 0.25) is 0 Å². The molecule has 36 heavy (non-hydrogen) atoms. The predicted molar refractivity (Wildman–Crippen MR) is 145 cm³/mol. The highest BCUT2D eigenvalue weighted by atomic mass is 16.6. The van der Waals surface area contributed by atoms with Crippen LogP contribution in [0.5, 0.6) is 0 Å². The Hall–Kier alpha value is -4.27. The van der Waals surface area contributed by atoms with Gasteiger partial charge in [-0.2, -0.15) is 0 Å². The Labute approximate surface area is 212 Å². The molecule has 2 aromatic rings. The van der Waals surface area contributed by atoms with Crippen LogP contribution in [0.15, 0.2) is 84.9 Å². The van der Waals surface area contributed by atoms with Crippen LogP contribution in [-0.2, 0) is 0 Å². The van der Waals surface area contributed by atoms with Gasteiger partial charge in [-0.15, -0.1) is 0 Å². The van der Waals surface area contributed by atoms with Crippen molar-refractivity contribution in [2.75, 3.05) is 0 Å². The fraction of sp³-hybridized carbons (Fsp3) is 0.296. The van der Waals surface area contributed by atoms with Gasteiger partial charge in [0, 0.05) is 24.0 Å². The first-order valence-corrected chi connectivity index (χ1v) is 12.2. The number of benzene rings is 1. The summed E-state index contributed by atoms with van der Waals surface area (Å²) in [5, 5.41) is 29.3. The molecule has 2 unspecified atom stereocenters. The minimum atomic E-state index is -0.630. The molecule has 192 valence electrons. The van der Waals surface area contributed by atoms with Gasteiger partial charge in [0.25, 0.3) is 11.4 Å². The fourth-order valence-corrected chi connectivity index (χ4v) is 3.35. The maximum absolute atomic E-state index is 11.3. The number of dihydropyridines is 2. The number of hydrogen-bond acceptors (Lipinski definition) is 7. The second kappa shape index (κ2) is 15.6. The summed E-state index contributed by atoms with van der Waals surface area (Å²) in [5.74, 6) is 0. The standard InChI is InChI=1S/C21H17N5O4.3C2H6/c27-25(28)16-9-14(10-17(13-16)26(29)30)15-11-20(18-5-1-3-7-22-18)24-21(12-15)19-6-2-4-8-23-19;3*1-2/h1-13,18,21-22,24H;3*1-2H3. The zero-order valence-corrected chi connectivity index (χ0v) is 21.6. The van der Waals surface area contributed by atoms with Gasteiger partial charge < -0.3 is 10.6 Å². The largest absolute Gasteiger partial charge is 0.379 e. The molecule has 0 spiro atoms. The zero-order chi connectivity index (χ0) is 27.1. The molecule has 0 aliphatic carbocycles. The summed E-state index contributed by atoms with van der Waals surface area (Å²) in [6.07, 6.45) is 12.9. The number of rotatable bonds is 5. The third kappa shape index (κ3) is 7.90. The molecule has 0 saturated carbocycles. The van der Waals surface area contributed by atoms with Crippen molar-refractivity contribution in [2.24, 2.45) is 0 Å². The second-order valence-corrected chi connectivity index (χ2v) is 6.74. The van der Waals surface area contributed by atoms with E-state index in [1.54, 1.807) is 6.20 Å². The van der Waals surface area contributed by atoms with Gasteiger partial charge in [-0.05, 0) is 47.7 Å². The van der Waals surface area contributed by atoms with E-state index < -0.39 is 9.85 Å². The number of allylic oxidation sites excluding steroid dienone is 4. The summed E-state index contributed by atoms with van der Waals surface area (Å²) in [6.45, 7) is 12.0. The van der Waals surface area contributed by atoms with Crippen LogP contribution >= 0.6 is 0 Å². The first kappa shape index (κ1) is 29.8. The van der Waals surface area contributed by atoms with E-state index in [0.717, 1.165) is 17.5 Å². The van der Waals surface area contributed by atoms with E-state index in [-0.39, 0.29) is 23.5 Å². The molecule has 9 nitrogen and oxygen atoms in total. The van der Waals surface area contributed by atoms with E-state index in [4.69, 9.17) is 0 Å². The molecular weight excluding hydrogens is 458 g/mol. The number of nitro benzene ring substituents is 2. The Balaban J connectivity index is 0.00000101. The van der Waals surface area contributed by atoms with Gasteiger partial charge in [0.15, 0.2) is 0 Å².